The van der Waals surface area contributed by atoms with Gasteiger partial charge in [0.25, 0.3) is 8.32 Å². The fourth-order valence-corrected chi connectivity index (χ4v) is 14.5. The van der Waals surface area contributed by atoms with Gasteiger partial charge in [-0.25, -0.2) is 0 Å². The third-order valence-corrected chi connectivity index (χ3v) is 21.1. The highest BCUT2D eigenvalue weighted by atomic mass is 28.4. The average Bonchev–Trinajstić information content (AvgIpc) is 3.48. The summed E-state index contributed by atoms with van der Waals surface area (Å²) in [7, 11) is -4.47. The van der Waals surface area contributed by atoms with Crippen molar-refractivity contribution >= 4 is 27.0 Å². The first-order valence-corrected chi connectivity index (χ1v) is 22.2. The van der Waals surface area contributed by atoms with E-state index >= 15 is 0 Å². The van der Waals surface area contributed by atoms with E-state index in [1.807, 2.05) is 0 Å². The number of hydrogen-bond donors (Lipinski definition) is 1. The summed E-state index contributed by atoms with van der Waals surface area (Å²) in [6.45, 7) is 22.6. The second-order valence-electron chi connectivity index (χ2n) is 15.8. The molecular formula is C40H60O3Si2. The summed E-state index contributed by atoms with van der Waals surface area (Å²) in [5.74, 6) is 1.11. The second-order valence-corrected chi connectivity index (χ2v) is 24.7. The number of benzene rings is 3. The quantitative estimate of drug-likeness (QED) is 0.140. The summed E-state index contributed by atoms with van der Waals surface area (Å²) < 4.78 is 14.0. The van der Waals surface area contributed by atoms with Gasteiger partial charge >= 0.3 is 0 Å². The first-order valence-electron chi connectivity index (χ1n) is 17.4. The lowest BCUT2D eigenvalue weighted by Crippen LogP contribution is -2.67. The number of aliphatic hydroxyl groups is 1. The molecule has 0 heterocycles. The molecule has 0 spiro atoms. The third kappa shape index (κ3) is 7.76. The lowest BCUT2D eigenvalue weighted by atomic mass is 9.85. The molecule has 1 aliphatic rings. The molecule has 45 heavy (non-hydrogen) atoms. The molecule has 0 bridgehead atoms. The van der Waals surface area contributed by atoms with Crippen LogP contribution in [0.5, 0.6) is 0 Å². The molecule has 1 N–H and O–H groups in total. The lowest BCUT2D eigenvalue weighted by Gasteiger charge is -2.44. The topological polar surface area (TPSA) is 38.7 Å². The monoisotopic (exact) mass is 644 g/mol. The summed E-state index contributed by atoms with van der Waals surface area (Å²) in [4.78, 5) is 0. The zero-order chi connectivity index (χ0) is 32.9. The van der Waals surface area contributed by atoms with E-state index in [1.165, 1.54) is 15.9 Å². The van der Waals surface area contributed by atoms with Gasteiger partial charge in [0.1, 0.15) is 0 Å². The molecule has 3 aromatic rings. The van der Waals surface area contributed by atoms with Crippen LogP contribution in [0.3, 0.4) is 0 Å². The zero-order valence-electron chi connectivity index (χ0n) is 29.6. The summed E-state index contributed by atoms with van der Waals surface area (Å²) in [6.07, 6.45) is 4.69. The molecule has 0 radical (unpaired) electrons. The number of hydrogen-bond acceptors (Lipinski definition) is 3. The van der Waals surface area contributed by atoms with Crippen LogP contribution in [0.25, 0.3) is 0 Å². The van der Waals surface area contributed by atoms with Crippen molar-refractivity contribution in [2.75, 3.05) is 13.2 Å². The van der Waals surface area contributed by atoms with Gasteiger partial charge in [-0.05, 0) is 88.1 Å². The van der Waals surface area contributed by atoms with Crippen molar-refractivity contribution in [1.82, 2.24) is 0 Å². The van der Waals surface area contributed by atoms with E-state index in [2.05, 4.69) is 146 Å². The van der Waals surface area contributed by atoms with Gasteiger partial charge in [-0.3, -0.25) is 0 Å². The molecule has 3 atom stereocenters. The highest BCUT2D eigenvalue weighted by molar-refractivity contribution is 6.99. The van der Waals surface area contributed by atoms with E-state index in [0.29, 0.717) is 18.4 Å². The fourth-order valence-electron chi connectivity index (χ4n) is 7.43. The van der Waals surface area contributed by atoms with Crippen LogP contribution < -0.4 is 10.4 Å². The molecule has 1 unspecified atom stereocenters. The van der Waals surface area contributed by atoms with Crippen molar-refractivity contribution in [3.63, 3.8) is 0 Å². The van der Waals surface area contributed by atoms with Crippen molar-refractivity contribution in [3.05, 3.63) is 96.1 Å². The van der Waals surface area contributed by atoms with Gasteiger partial charge in [0.2, 0.25) is 0 Å². The van der Waals surface area contributed by atoms with Crippen LogP contribution in [0, 0.1) is 17.8 Å². The van der Waals surface area contributed by atoms with Crippen molar-refractivity contribution < 1.29 is 14.0 Å². The molecule has 0 saturated heterocycles. The van der Waals surface area contributed by atoms with Crippen LogP contribution in [0.2, 0.25) is 23.2 Å². The molecule has 1 fully saturated rings. The maximum Gasteiger partial charge on any atom is 0.261 e. The fraction of sp³-hybridized carbons (Fsp3) is 0.550. The summed E-state index contributed by atoms with van der Waals surface area (Å²) >= 11 is 0. The third-order valence-electron chi connectivity index (χ3n) is 11.5. The Morgan fingerprint density at radius 3 is 1.89 bits per heavy atom. The van der Waals surface area contributed by atoms with E-state index < -0.39 is 22.7 Å². The predicted molar refractivity (Wildman–Crippen MR) is 196 cm³/mol. The maximum absolute atomic E-state index is 12.0. The first kappa shape index (κ1) is 35.8. The lowest BCUT2D eigenvalue weighted by molar-refractivity contribution is 0.0657. The maximum atomic E-state index is 12.0. The largest absolute Gasteiger partial charge is 0.417 e. The highest BCUT2D eigenvalue weighted by Gasteiger charge is 2.51. The van der Waals surface area contributed by atoms with E-state index in [-0.39, 0.29) is 16.0 Å². The van der Waals surface area contributed by atoms with Crippen molar-refractivity contribution in [3.8, 4) is 0 Å². The highest BCUT2D eigenvalue weighted by Crippen LogP contribution is 2.45. The number of aryl methyl sites for hydroxylation is 1. The van der Waals surface area contributed by atoms with Gasteiger partial charge in [-0.2, -0.15) is 0 Å². The van der Waals surface area contributed by atoms with Crippen molar-refractivity contribution in [2.45, 2.75) is 110 Å². The number of rotatable bonds is 14. The SMILES string of the molecule is CC(C)C(C)(C)[Si](C)(C)OCCCc1ccccc1C(O)[C@@H]1CCC[C@H]1CO[Si](c1ccccc1)(c1ccccc1)C(C)(C)C. The van der Waals surface area contributed by atoms with Gasteiger partial charge < -0.3 is 14.0 Å². The molecule has 0 aliphatic heterocycles. The second kappa shape index (κ2) is 14.8. The van der Waals surface area contributed by atoms with E-state index in [1.54, 1.807) is 0 Å². The minimum Gasteiger partial charge on any atom is -0.417 e. The minimum atomic E-state index is -2.62. The Morgan fingerprint density at radius 2 is 1.33 bits per heavy atom. The molecule has 0 aromatic heterocycles. The van der Waals surface area contributed by atoms with Gasteiger partial charge in [0, 0.05) is 13.2 Å². The number of aliphatic hydroxyl groups excluding tert-OH is 1. The van der Waals surface area contributed by atoms with Crippen molar-refractivity contribution in [2.24, 2.45) is 17.8 Å². The molecule has 3 nitrogen and oxygen atoms in total. The summed E-state index contributed by atoms with van der Waals surface area (Å²) in [5.41, 5.74) is 2.36. The predicted octanol–water partition coefficient (Wildman–Crippen LogP) is 9.30. The van der Waals surface area contributed by atoms with Gasteiger partial charge in [0.05, 0.1) is 6.10 Å². The Morgan fingerprint density at radius 1 is 0.778 bits per heavy atom. The first-order chi connectivity index (χ1) is 21.2. The molecule has 4 rings (SSSR count). The Bertz CT molecular complexity index is 1290. The van der Waals surface area contributed by atoms with Gasteiger partial charge in [-0.15, -0.1) is 0 Å². The smallest absolute Gasteiger partial charge is 0.261 e. The Kier molecular flexibility index (Phi) is 11.8. The van der Waals surface area contributed by atoms with Crippen LogP contribution in [-0.4, -0.2) is 35.0 Å². The normalized spacial score (nSPS) is 18.8. The van der Waals surface area contributed by atoms with E-state index in [9.17, 15) is 5.11 Å². The van der Waals surface area contributed by atoms with Crippen LogP contribution in [0.4, 0.5) is 0 Å². The molecule has 0 amide bonds. The van der Waals surface area contributed by atoms with Crippen LogP contribution >= 0.6 is 0 Å². The molecule has 5 heteroatoms. The Hall–Kier alpha value is -2.03. The van der Waals surface area contributed by atoms with E-state index in [4.69, 9.17) is 8.85 Å². The molecule has 1 aliphatic carbocycles. The zero-order valence-corrected chi connectivity index (χ0v) is 31.6. The summed E-state index contributed by atoms with van der Waals surface area (Å²) in [5, 5.41) is 14.8. The Labute approximate surface area is 277 Å². The summed E-state index contributed by atoms with van der Waals surface area (Å²) in [6, 6.07) is 30.4. The van der Waals surface area contributed by atoms with Gasteiger partial charge in [0.15, 0.2) is 8.32 Å². The van der Waals surface area contributed by atoms with Crippen LogP contribution in [0.15, 0.2) is 84.9 Å². The Balaban J connectivity index is 1.50. The molecular weight excluding hydrogens is 585 g/mol. The molecule has 1 saturated carbocycles. The average molecular weight is 645 g/mol. The minimum absolute atomic E-state index is 0.0566. The van der Waals surface area contributed by atoms with Crippen LogP contribution in [-0.2, 0) is 15.3 Å². The van der Waals surface area contributed by atoms with E-state index in [0.717, 1.165) is 44.3 Å². The molecule has 246 valence electrons. The van der Waals surface area contributed by atoms with Gasteiger partial charge in [-0.1, -0.05) is 140 Å². The van der Waals surface area contributed by atoms with Crippen LogP contribution in [0.1, 0.15) is 91.4 Å². The van der Waals surface area contributed by atoms with Crippen molar-refractivity contribution in [1.29, 1.82) is 0 Å². The standard InChI is InChI=1S/C40H60O3Si2/c1-31(2)40(6,7)44(8,9)42-29-19-22-32-20-16-17-27-36(32)38(41)37-28-18-21-33(37)30-43-45(39(3,4)5,34-23-12-10-13-24-34)35-25-14-11-15-26-35/h10-17,20,23-27,31,33,37-38,41H,18-19,21-22,28-30H2,1-9H3/t33-,37+,38?/m0/s1. The molecule has 3 aromatic carbocycles.